The van der Waals surface area contributed by atoms with Gasteiger partial charge in [0.25, 0.3) is 0 Å². The number of para-hydroxylation sites is 1. The van der Waals surface area contributed by atoms with E-state index in [0.29, 0.717) is 5.92 Å². The summed E-state index contributed by atoms with van der Waals surface area (Å²) >= 11 is 0. The highest BCUT2D eigenvalue weighted by Crippen LogP contribution is 2.30. The standard InChI is InChI=1S/C17H27NO2/c1-19-16-11-7-6-10-14(16)12-15(18)17(20-2)13-8-4-3-5-9-13/h6-7,10-11,13,15,17H,3-5,8-9,12,18H2,1-2H3. The molecule has 1 aliphatic rings. The average molecular weight is 277 g/mol. The van der Waals surface area contributed by atoms with Crippen molar-refractivity contribution in [3.8, 4) is 5.75 Å². The van der Waals surface area contributed by atoms with Gasteiger partial charge in [-0.15, -0.1) is 0 Å². The lowest BCUT2D eigenvalue weighted by molar-refractivity contribution is 0.0178. The summed E-state index contributed by atoms with van der Waals surface area (Å²) in [5, 5.41) is 0. The minimum absolute atomic E-state index is 0.0272. The molecule has 0 aromatic heterocycles. The maximum absolute atomic E-state index is 6.43. The lowest BCUT2D eigenvalue weighted by atomic mass is 9.81. The quantitative estimate of drug-likeness (QED) is 0.868. The predicted octanol–water partition coefficient (Wildman–Crippen LogP) is 3.16. The zero-order chi connectivity index (χ0) is 14.4. The van der Waals surface area contributed by atoms with Crippen molar-refractivity contribution < 1.29 is 9.47 Å². The molecular formula is C17H27NO2. The monoisotopic (exact) mass is 277 g/mol. The second-order valence-electron chi connectivity index (χ2n) is 5.78. The predicted molar refractivity (Wildman–Crippen MR) is 82.0 cm³/mol. The van der Waals surface area contributed by atoms with Crippen LogP contribution >= 0.6 is 0 Å². The molecule has 3 nitrogen and oxygen atoms in total. The van der Waals surface area contributed by atoms with Gasteiger partial charge in [0.05, 0.1) is 13.2 Å². The van der Waals surface area contributed by atoms with E-state index in [0.717, 1.165) is 12.2 Å². The summed E-state index contributed by atoms with van der Waals surface area (Å²) in [5.74, 6) is 1.53. The van der Waals surface area contributed by atoms with Crippen LogP contribution in [0, 0.1) is 5.92 Å². The topological polar surface area (TPSA) is 44.5 Å². The number of hydrogen-bond acceptors (Lipinski definition) is 3. The van der Waals surface area contributed by atoms with Crippen LogP contribution in [0.2, 0.25) is 0 Å². The summed E-state index contributed by atoms with van der Waals surface area (Å²) in [6, 6.07) is 8.13. The third-order valence-corrected chi connectivity index (χ3v) is 4.46. The zero-order valence-electron chi connectivity index (χ0n) is 12.7. The van der Waals surface area contributed by atoms with Gasteiger partial charge >= 0.3 is 0 Å². The fourth-order valence-corrected chi connectivity index (χ4v) is 3.42. The Morgan fingerprint density at radius 1 is 1.15 bits per heavy atom. The van der Waals surface area contributed by atoms with Crippen molar-refractivity contribution in [1.82, 2.24) is 0 Å². The Bertz CT molecular complexity index is 402. The van der Waals surface area contributed by atoms with Gasteiger partial charge in [-0.25, -0.2) is 0 Å². The summed E-state index contributed by atoms with van der Waals surface area (Å²) in [7, 11) is 3.50. The van der Waals surface area contributed by atoms with Crippen molar-refractivity contribution in [2.75, 3.05) is 14.2 Å². The van der Waals surface area contributed by atoms with E-state index >= 15 is 0 Å². The van der Waals surface area contributed by atoms with Gasteiger partial charge in [0, 0.05) is 13.2 Å². The molecule has 0 radical (unpaired) electrons. The molecule has 1 aromatic rings. The minimum Gasteiger partial charge on any atom is -0.496 e. The van der Waals surface area contributed by atoms with E-state index in [1.54, 1.807) is 14.2 Å². The number of ether oxygens (including phenoxy) is 2. The highest BCUT2D eigenvalue weighted by molar-refractivity contribution is 5.34. The van der Waals surface area contributed by atoms with Crippen molar-refractivity contribution in [1.29, 1.82) is 0 Å². The van der Waals surface area contributed by atoms with Crippen molar-refractivity contribution >= 4 is 0 Å². The van der Waals surface area contributed by atoms with Gasteiger partial charge in [0.15, 0.2) is 0 Å². The van der Waals surface area contributed by atoms with Crippen molar-refractivity contribution in [3.05, 3.63) is 29.8 Å². The van der Waals surface area contributed by atoms with E-state index in [2.05, 4.69) is 6.07 Å². The molecule has 0 amide bonds. The van der Waals surface area contributed by atoms with Crippen LogP contribution in [0.15, 0.2) is 24.3 Å². The van der Waals surface area contributed by atoms with Crippen LogP contribution in [0.5, 0.6) is 5.75 Å². The molecule has 1 aromatic carbocycles. The third kappa shape index (κ3) is 3.74. The van der Waals surface area contributed by atoms with E-state index in [1.165, 1.54) is 37.7 Å². The van der Waals surface area contributed by atoms with Gasteiger partial charge in [-0.1, -0.05) is 37.5 Å². The number of rotatable bonds is 6. The summed E-state index contributed by atoms with van der Waals surface area (Å²) in [6.07, 6.45) is 7.43. The molecular weight excluding hydrogens is 250 g/mol. The fraction of sp³-hybridized carbons (Fsp3) is 0.647. The Morgan fingerprint density at radius 3 is 2.50 bits per heavy atom. The Kier molecular flexibility index (Phi) is 5.86. The average Bonchev–Trinajstić information content (AvgIpc) is 2.49. The summed E-state index contributed by atoms with van der Waals surface area (Å²) in [5.41, 5.74) is 7.60. The summed E-state index contributed by atoms with van der Waals surface area (Å²) < 4.78 is 11.1. The molecule has 112 valence electrons. The normalized spacial score (nSPS) is 19.6. The van der Waals surface area contributed by atoms with E-state index in [1.807, 2.05) is 18.2 Å². The molecule has 2 rings (SSSR count). The molecule has 0 aliphatic heterocycles. The first-order chi connectivity index (χ1) is 9.76. The third-order valence-electron chi connectivity index (χ3n) is 4.46. The van der Waals surface area contributed by atoms with E-state index < -0.39 is 0 Å². The maximum Gasteiger partial charge on any atom is 0.122 e. The smallest absolute Gasteiger partial charge is 0.122 e. The van der Waals surface area contributed by atoms with Crippen LogP contribution in [0.25, 0.3) is 0 Å². The molecule has 1 aliphatic carbocycles. The SMILES string of the molecule is COc1ccccc1CC(N)C(OC)C1CCCCC1. The van der Waals surface area contributed by atoms with E-state index in [-0.39, 0.29) is 12.1 Å². The first kappa shape index (κ1) is 15.3. The largest absolute Gasteiger partial charge is 0.496 e. The molecule has 0 heterocycles. The van der Waals surface area contributed by atoms with Crippen LogP contribution in [-0.4, -0.2) is 26.4 Å². The molecule has 2 atom stereocenters. The van der Waals surface area contributed by atoms with Crippen LogP contribution in [0.1, 0.15) is 37.7 Å². The molecule has 2 N–H and O–H groups in total. The van der Waals surface area contributed by atoms with Gasteiger partial charge in [-0.2, -0.15) is 0 Å². The summed E-state index contributed by atoms with van der Waals surface area (Å²) in [4.78, 5) is 0. The van der Waals surface area contributed by atoms with Crippen LogP contribution in [0.4, 0.5) is 0 Å². The van der Waals surface area contributed by atoms with Crippen molar-refractivity contribution in [2.24, 2.45) is 11.7 Å². The summed E-state index contributed by atoms with van der Waals surface area (Å²) in [6.45, 7) is 0. The lowest BCUT2D eigenvalue weighted by Gasteiger charge is -2.33. The number of benzene rings is 1. The Hall–Kier alpha value is -1.06. The van der Waals surface area contributed by atoms with Gasteiger partial charge in [-0.3, -0.25) is 0 Å². The lowest BCUT2D eigenvalue weighted by Crippen LogP contribution is -2.43. The fourth-order valence-electron chi connectivity index (χ4n) is 3.42. The second-order valence-corrected chi connectivity index (χ2v) is 5.78. The Morgan fingerprint density at radius 2 is 1.85 bits per heavy atom. The van der Waals surface area contributed by atoms with Gasteiger partial charge in [0.2, 0.25) is 0 Å². The van der Waals surface area contributed by atoms with E-state index in [4.69, 9.17) is 15.2 Å². The highest BCUT2D eigenvalue weighted by atomic mass is 16.5. The van der Waals surface area contributed by atoms with Gasteiger partial charge in [0.1, 0.15) is 5.75 Å². The van der Waals surface area contributed by atoms with Crippen LogP contribution < -0.4 is 10.5 Å². The second kappa shape index (κ2) is 7.65. The number of hydrogen-bond donors (Lipinski definition) is 1. The van der Waals surface area contributed by atoms with Crippen molar-refractivity contribution in [3.63, 3.8) is 0 Å². The Balaban J connectivity index is 2.02. The molecule has 0 bridgehead atoms. The Labute approximate surface area is 122 Å². The molecule has 1 fully saturated rings. The van der Waals surface area contributed by atoms with Crippen molar-refractivity contribution in [2.45, 2.75) is 50.7 Å². The number of nitrogens with two attached hydrogens (primary N) is 1. The zero-order valence-corrected chi connectivity index (χ0v) is 12.7. The molecule has 0 saturated heterocycles. The number of methoxy groups -OCH3 is 2. The van der Waals surface area contributed by atoms with Gasteiger partial charge in [-0.05, 0) is 36.8 Å². The highest BCUT2D eigenvalue weighted by Gasteiger charge is 2.29. The van der Waals surface area contributed by atoms with Crippen LogP contribution in [-0.2, 0) is 11.2 Å². The molecule has 0 spiro atoms. The van der Waals surface area contributed by atoms with E-state index in [9.17, 15) is 0 Å². The first-order valence-electron chi connectivity index (χ1n) is 7.66. The van der Waals surface area contributed by atoms with Crippen LogP contribution in [0.3, 0.4) is 0 Å². The maximum atomic E-state index is 6.43. The molecule has 2 unspecified atom stereocenters. The minimum atomic E-state index is 0.0272. The molecule has 20 heavy (non-hydrogen) atoms. The molecule has 1 saturated carbocycles. The molecule has 3 heteroatoms. The van der Waals surface area contributed by atoms with Gasteiger partial charge < -0.3 is 15.2 Å². The first-order valence-corrected chi connectivity index (χ1v) is 7.66.